The maximum Gasteiger partial charge on any atom is 0.241 e. The lowest BCUT2D eigenvalue weighted by atomic mass is 9.95. The number of likely N-dealkylation sites (tertiary alicyclic amines) is 1. The van der Waals surface area contributed by atoms with Crippen LogP contribution in [-0.4, -0.2) is 53.5 Å². The van der Waals surface area contributed by atoms with Crippen molar-refractivity contribution in [3.8, 4) is 0 Å². The highest BCUT2D eigenvalue weighted by molar-refractivity contribution is 5.90. The number of carbonyl (C=O) groups excluding carboxylic acids is 2. The molecule has 2 aliphatic rings. The predicted molar refractivity (Wildman–Crippen MR) is 75.7 cm³/mol. The molecule has 7 nitrogen and oxygen atoms in total. The zero-order chi connectivity index (χ0) is 15.7. The van der Waals surface area contributed by atoms with Crippen LogP contribution in [0.2, 0.25) is 0 Å². The van der Waals surface area contributed by atoms with Crippen molar-refractivity contribution in [2.75, 3.05) is 7.11 Å². The van der Waals surface area contributed by atoms with Crippen LogP contribution in [0, 0.1) is 11.8 Å². The summed E-state index contributed by atoms with van der Waals surface area (Å²) in [6.45, 7) is 3.76. The number of carbonyl (C=O) groups is 2. The number of hydrogen-bond donors (Lipinski definition) is 3. The molecule has 0 aromatic rings. The van der Waals surface area contributed by atoms with Crippen molar-refractivity contribution in [2.24, 2.45) is 17.6 Å². The Bertz CT molecular complexity index is 415. The molecule has 0 aromatic carbocycles. The summed E-state index contributed by atoms with van der Waals surface area (Å²) in [7, 11) is 1.35. The van der Waals surface area contributed by atoms with E-state index in [1.54, 1.807) is 4.90 Å². The first-order valence-corrected chi connectivity index (χ1v) is 7.45. The van der Waals surface area contributed by atoms with Gasteiger partial charge in [0.1, 0.15) is 6.04 Å². The van der Waals surface area contributed by atoms with Crippen LogP contribution in [0.3, 0.4) is 0 Å². The molecule has 3 unspecified atom stereocenters. The molecule has 2 fully saturated rings. The second-order valence-electron chi connectivity index (χ2n) is 6.30. The Kier molecular flexibility index (Phi) is 4.85. The maximum atomic E-state index is 12.8. The third-order valence-electron chi connectivity index (χ3n) is 4.61. The Balaban J connectivity index is 2.17. The van der Waals surface area contributed by atoms with Crippen LogP contribution in [0.4, 0.5) is 0 Å². The van der Waals surface area contributed by atoms with E-state index in [-0.39, 0.29) is 23.8 Å². The molecule has 2 amide bonds. The van der Waals surface area contributed by atoms with Crippen LogP contribution in [0.15, 0.2) is 0 Å². The molecule has 1 heterocycles. The Morgan fingerprint density at radius 1 is 1.38 bits per heavy atom. The monoisotopic (exact) mass is 299 g/mol. The molecule has 4 N–H and O–H groups in total. The molecule has 0 spiro atoms. The third kappa shape index (κ3) is 3.04. The molecule has 0 aromatic heterocycles. The molecule has 0 radical (unpaired) electrons. The lowest BCUT2D eigenvalue weighted by Crippen LogP contribution is -2.59. The van der Waals surface area contributed by atoms with Crippen molar-refractivity contribution >= 4 is 11.8 Å². The number of nitrogens with one attached hydrogen (secondary N) is 1. The van der Waals surface area contributed by atoms with E-state index in [0.29, 0.717) is 0 Å². The number of amides is 2. The van der Waals surface area contributed by atoms with Crippen molar-refractivity contribution in [3.63, 3.8) is 0 Å². The van der Waals surface area contributed by atoms with E-state index >= 15 is 0 Å². The summed E-state index contributed by atoms with van der Waals surface area (Å²) in [4.78, 5) is 26.2. The number of fused-ring (bicyclic) bond motifs is 2. The van der Waals surface area contributed by atoms with Crippen LogP contribution in [0.25, 0.3) is 0 Å². The fourth-order valence-electron chi connectivity index (χ4n) is 3.60. The van der Waals surface area contributed by atoms with Gasteiger partial charge in [-0.3, -0.25) is 14.9 Å². The number of ether oxygens (including phenoxy) is 1. The number of methoxy groups -OCH3 is 1. The van der Waals surface area contributed by atoms with Crippen molar-refractivity contribution < 1.29 is 19.4 Å². The Hall–Kier alpha value is -1.18. The van der Waals surface area contributed by atoms with Gasteiger partial charge in [0.25, 0.3) is 0 Å². The molecular weight excluding hydrogens is 274 g/mol. The molecule has 2 rings (SSSR count). The van der Waals surface area contributed by atoms with E-state index in [1.807, 2.05) is 13.8 Å². The van der Waals surface area contributed by atoms with Crippen molar-refractivity contribution in [2.45, 2.75) is 57.6 Å². The third-order valence-corrected chi connectivity index (χ3v) is 4.61. The smallest absolute Gasteiger partial charge is 0.241 e. The van der Waals surface area contributed by atoms with Gasteiger partial charge in [-0.25, -0.2) is 0 Å². The normalized spacial score (nSPS) is 30.7. The number of rotatable bonds is 6. The second kappa shape index (κ2) is 6.29. The summed E-state index contributed by atoms with van der Waals surface area (Å²) in [6.07, 6.45) is 1.49. The fourth-order valence-corrected chi connectivity index (χ4v) is 3.60. The summed E-state index contributed by atoms with van der Waals surface area (Å²) in [5.74, 6) is -0.492. The molecule has 1 aliphatic carbocycles. The zero-order valence-corrected chi connectivity index (χ0v) is 12.8. The standard InChI is InChI=1S/C14H25N3O4/c1-7(2)10(16-14(20)21-3)13(19)17-9-5-4-8(6-9)11(17)12(15)18/h7-11,14,16,20H,4-6H2,1-3H3,(H2,15,18)/t8?,9?,10-,11-,14?/m0/s1. The molecule has 2 bridgehead atoms. The van der Waals surface area contributed by atoms with Gasteiger partial charge in [0.15, 0.2) is 0 Å². The van der Waals surface area contributed by atoms with Gasteiger partial charge in [0, 0.05) is 13.2 Å². The first kappa shape index (κ1) is 16.2. The number of piperidine rings is 1. The number of primary amides is 1. The van der Waals surface area contributed by atoms with Gasteiger partial charge in [-0.05, 0) is 31.1 Å². The Morgan fingerprint density at radius 2 is 2.05 bits per heavy atom. The van der Waals surface area contributed by atoms with Gasteiger partial charge in [-0.1, -0.05) is 13.8 Å². The summed E-state index contributed by atoms with van der Waals surface area (Å²) < 4.78 is 4.76. The number of hydrogen-bond acceptors (Lipinski definition) is 5. The van der Waals surface area contributed by atoms with Gasteiger partial charge in [-0.15, -0.1) is 0 Å². The van der Waals surface area contributed by atoms with E-state index in [9.17, 15) is 14.7 Å². The quantitative estimate of drug-likeness (QED) is 0.567. The minimum Gasteiger partial charge on any atom is -0.368 e. The average molecular weight is 299 g/mol. The average Bonchev–Trinajstić information content (AvgIpc) is 3.03. The summed E-state index contributed by atoms with van der Waals surface area (Å²) >= 11 is 0. The van der Waals surface area contributed by atoms with E-state index in [0.717, 1.165) is 19.3 Å². The minimum atomic E-state index is -1.21. The number of nitrogens with two attached hydrogens (primary N) is 1. The molecule has 1 saturated heterocycles. The Labute approximate surface area is 124 Å². The van der Waals surface area contributed by atoms with Crippen molar-refractivity contribution in [1.29, 1.82) is 0 Å². The summed E-state index contributed by atoms with van der Waals surface area (Å²) in [5.41, 5.74) is 5.49. The van der Waals surface area contributed by atoms with E-state index in [2.05, 4.69) is 5.32 Å². The van der Waals surface area contributed by atoms with Gasteiger partial charge < -0.3 is 20.5 Å². The highest BCUT2D eigenvalue weighted by Gasteiger charge is 2.51. The molecular formula is C14H25N3O4. The molecule has 5 atom stereocenters. The lowest BCUT2D eigenvalue weighted by Gasteiger charge is -2.37. The van der Waals surface area contributed by atoms with Crippen LogP contribution in [0.1, 0.15) is 33.1 Å². The number of nitrogens with zero attached hydrogens (tertiary/aromatic N) is 1. The minimum absolute atomic E-state index is 0.0463. The SMILES string of the molecule is COC(O)N[C@H](C(=O)N1C2CCC(C2)[C@H]1C(N)=O)C(C)C. The lowest BCUT2D eigenvalue weighted by molar-refractivity contribution is -0.150. The van der Waals surface area contributed by atoms with E-state index in [1.165, 1.54) is 7.11 Å². The number of aliphatic hydroxyl groups is 1. The van der Waals surface area contributed by atoms with E-state index in [4.69, 9.17) is 10.5 Å². The fraction of sp³-hybridized carbons (Fsp3) is 0.857. The summed E-state index contributed by atoms with van der Waals surface area (Å²) in [5, 5.41) is 12.3. The molecule has 1 saturated carbocycles. The van der Waals surface area contributed by atoms with Gasteiger partial charge in [-0.2, -0.15) is 0 Å². The zero-order valence-electron chi connectivity index (χ0n) is 12.8. The first-order chi connectivity index (χ1) is 9.86. The largest absolute Gasteiger partial charge is 0.368 e. The van der Waals surface area contributed by atoms with Gasteiger partial charge in [0.2, 0.25) is 18.2 Å². The van der Waals surface area contributed by atoms with Crippen LogP contribution >= 0.6 is 0 Å². The van der Waals surface area contributed by atoms with Crippen molar-refractivity contribution in [3.05, 3.63) is 0 Å². The van der Waals surface area contributed by atoms with Crippen LogP contribution in [-0.2, 0) is 14.3 Å². The second-order valence-corrected chi connectivity index (χ2v) is 6.30. The molecule has 1 aliphatic heterocycles. The highest BCUT2D eigenvalue weighted by atomic mass is 16.6. The van der Waals surface area contributed by atoms with Crippen LogP contribution in [0.5, 0.6) is 0 Å². The van der Waals surface area contributed by atoms with Crippen molar-refractivity contribution in [1.82, 2.24) is 10.2 Å². The highest BCUT2D eigenvalue weighted by Crippen LogP contribution is 2.42. The van der Waals surface area contributed by atoms with Gasteiger partial charge >= 0.3 is 0 Å². The van der Waals surface area contributed by atoms with Crippen LogP contribution < -0.4 is 11.1 Å². The molecule has 120 valence electrons. The predicted octanol–water partition coefficient (Wildman–Crippen LogP) is -0.612. The maximum absolute atomic E-state index is 12.8. The number of aliphatic hydroxyl groups excluding tert-OH is 1. The van der Waals surface area contributed by atoms with E-state index < -0.39 is 24.4 Å². The molecule has 7 heteroatoms. The topological polar surface area (TPSA) is 105 Å². The summed E-state index contributed by atoms with van der Waals surface area (Å²) in [6, 6.07) is -1.04. The molecule has 21 heavy (non-hydrogen) atoms. The Morgan fingerprint density at radius 3 is 2.57 bits per heavy atom. The first-order valence-electron chi connectivity index (χ1n) is 7.45. The van der Waals surface area contributed by atoms with Gasteiger partial charge in [0.05, 0.1) is 6.04 Å².